The molecule has 0 amide bonds. The fourth-order valence-electron chi connectivity index (χ4n) is 6.99. The number of allylic oxidation sites excluding steroid dienone is 18. The van der Waals surface area contributed by atoms with Crippen LogP contribution in [-0.2, 0) is 42.2 Å². The van der Waals surface area contributed by atoms with E-state index in [1.54, 1.807) is 0 Å². The number of esters is 3. The van der Waals surface area contributed by atoms with E-state index in [2.05, 4.69) is 130 Å². The predicted octanol–water partition coefficient (Wildman–Crippen LogP) is 16.2. The maximum atomic E-state index is 12.9. The molecule has 11 nitrogen and oxygen atoms in total. The van der Waals surface area contributed by atoms with Gasteiger partial charge in [-0.15, -0.1) is 0 Å². The first kappa shape index (κ1) is 68.1. The molecule has 0 heterocycles. The maximum Gasteiger partial charge on any atom is 0.472 e. The third-order valence-electron chi connectivity index (χ3n) is 11.1. The van der Waals surface area contributed by atoms with Crippen molar-refractivity contribution in [1.29, 1.82) is 0 Å². The average molecular weight is 1030 g/mol. The number of aliphatic hydroxyl groups is 1. The van der Waals surface area contributed by atoms with Crippen LogP contribution in [-0.4, -0.2) is 66.5 Å². The summed E-state index contributed by atoms with van der Waals surface area (Å²) in [6, 6.07) is 0. The molecule has 0 radical (unpaired) electrons. The zero-order valence-electron chi connectivity index (χ0n) is 45.1. The zero-order valence-corrected chi connectivity index (χ0v) is 46.0. The molecule has 410 valence electrons. The fraction of sp³-hybridized carbons (Fsp3) is 0.650. The largest absolute Gasteiger partial charge is 0.472 e. The SMILES string of the molecule is CC/C=C\C/C=C\C/C=C\C/C=C\CCCCCCCCC(=O)OCC(COP(=O)(O)OCC(CO)OC(=O)CCCCCCC/C=C\C/C=C\CCC)OC(=O)CCCCC/C=C\C/C=C\C/C=C\CC. The number of unbranched alkanes of at least 4 members (excludes halogenated alkanes) is 15. The van der Waals surface area contributed by atoms with Gasteiger partial charge < -0.3 is 24.2 Å². The highest BCUT2D eigenvalue weighted by Gasteiger charge is 2.28. The van der Waals surface area contributed by atoms with Crippen LogP contribution in [0.5, 0.6) is 0 Å². The minimum atomic E-state index is -4.77. The lowest BCUT2D eigenvalue weighted by molar-refractivity contribution is -0.161. The van der Waals surface area contributed by atoms with E-state index >= 15 is 0 Å². The first-order valence-electron chi connectivity index (χ1n) is 27.8. The molecular weight excluding hydrogens is 928 g/mol. The number of hydrogen-bond donors (Lipinski definition) is 2. The van der Waals surface area contributed by atoms with Crippen LogP contribution < -0.4 is 0 Å². The third kappa shape index (κ3) is 51.1. The van der Waals surface area contributed by atoms with Crippen LogP contribution in [0.25, 0.3) is 0 Å². The molecule has 0 aromatic heterocycles. The van der Waals surface area contributed by atoms with Crippen molar-refractivity contribution in [3.8, 4) is 0 Å². The molecule has 0 fully saturated rings. The van der Waals surface area contributed by atoms with Gasteiger partial charge in [0, 0.05) is 19.3 Å². The molecule has 0 aromatic rings. The van der Waals surface area contributed by atoms with E-state index in [1.165, 1.54) is 0 Å². The van der Waals surface area contributed by atoms with Gasteiger partial charge in [-0.3, -0.25) is 23.4 Å². The van der Waals surface area contributed by atoms with Crippen molar-refractivity contribution < 1.29 is 52.2 Å². The number of phosphoric ester groups is 1. The van der Waals surface area contributed by atoms with Gasteiger partial charge in [-0.05, 0) is 116 Å². The van der Waals surface area contributed by atoms with E-state index in [9.17, 15) is 28.9 Å². The summed E-state index contributed by atoms with van der Waals surface area (Å²) in [7, 11) is -4.77. The third-order valence-corrected chi connectivity index (χ3v) is 12.1. The Kier molecular flexibility index (Phi) is 50.6. The summed E-state index contributed by atoms with van der Waals surface area (Å²) in [5.74, 6) is -1.54. The Bertz CT molecular complexity index is 1620. The molecule has 0 aromatic carbocycles. The van der Waals surface area contributed by atoms with Gasteiger partial charge in [0.25, 0.3) is 0 Å². The number of carbonyl (C=O) groups excluding carboxylic acids is 3. The Morgan fingerprint density at radius 2 is 0.722 bits per heavy atom. The monoisotopic (exact) mass is 1030 g/mol. The molecule has 3 atom stereocenters. The van der Waals surface area contributed by atoms with Gasteiger partial charge in [-0.1, -0.05) is 188 Å². The molecule has 0 saturated heterocycles. The van der Waals surface area contributed by atoms with Crippen molar-refractivity contribution in [2.75, 3.05) is 26.4 Å². The smallest absolute Gasteiger partial charge is 0.462 e. The van der Waals surface area contributed by atoms with Crippen LogP contribution >= 0.6 is 7.82 Å². The number of phosphoric acid groups is 1. The van der Waals surface area contributed by atoms with Crippen LogP contribution in [0.15, 0.2) is 109 Å². The fourth-order valence-corrected chi connectivity index (χ4v) is 7.77. The topological polar surface area (TPSA) is 155 Å². The Balaban J connectivity index is 4.79. The standard InChI is InChI=1S/C60H99O11P/c1-4-7-10-13-16-19-22-25-26-27-28-29-30-33-34-37-40-43-46-49-58(62)67-53-57(71-60(64)51-48-45-42-39-36-32-24-21-18-15-12-9-6-3)55-69-72(65,66)68-54-56(52-61)70-59(63)50-47-44-41-38-35-31-23-20-17-14-11-8-5-2/h7,9-12,14,16,18-21,23,25-26,28-29,32,36,56-57,61H,4-6,8,13,15,17,22,24,27,30-31,33-35,37-55H2,1-3H3,(H,65,66)/b10-7-,12-9-,14-11-,19-16-,21-18-,23-20-,26-25-,29-28-,36-32-. The van der Waals surface area contributed by atoms with Crippen molar-refractivity contribution in [3.05, 3.63) is 109 Å². The minimum Gasteiger partial charge on any atom is -0.462 e. The first-order valence-corrected chi connectivity index (χ1v) is 29.3. The van der Waals surface area contributed by atoms with E-state index in [1.807, 2.05) is 0 Å². The molecule has 0 saturated carbocycles. The minimum absolute atomic E-state index is 0.123. The number of ether oxygens (including phenoxy) is 3. The molecule has 0 rings (SSSR count). The quantitative estimate of drug-likeness (QED) is 0.0197. The number of carbonyl (C=O) groups is 3. The Hall–Kier alpha value is -3.86. The normalized spacial score (nSPS) is 14.2. The van der Waals surface area contributed by atoms with Gasteiger partial charge in [-0.2, -0.15) is 0 Å². The highest BCUT2D eigenvalue weighted by Crippen LogP contribution is 2.43. The summed E-state index contributed by atoms with van der Waals surface area (Å²) in [4.78, 5) is 48.4. The van der Waals surface area contributed by atoms with E-state index in [0.29, 0.717) is 19.3 Å². The number of hydrogen-bond acceptors (Lipinski definition) is 10. The van der Waals surface area contributed by atoms with Crippen molar-refractivity contribution >= 4 is 25.7 Å². The summed E-state index contributed by atoms with van der Waals surface area (Å²) < 4.78 is 39.4. The van der Waals surface area contributed by atoms with Gasteiger partial charge in [0.1, 0.15) is 12.7 Å². The molecule has 72 heavy (non-hydrogen) atoms. The highest BCUT2D eigenvalue weighted by atomic mass is 31.2. The van der Waals surface area contributed by atoms with Gasteiger partial charge >= 0.3 is 25.7 Å². The molecule has 0 aliphatic rings. The van der Waals surface area contributed by atoms with Crippen molar-refractivity contribution in [3.63, 3.8) is 0 Å². The lowest BCUT2D eigenvalue weighted by atomic mass is 10.1. The van der Waals surface area contributed by atoms with Crippen molar-refractivity contribution in [2.45, 2.75) is 226 Å². The molecule has 0 aliphatic carbocycles. The number of aliphatic hydroxyl groups excluding tert-OH is 1. The molecule has 3 unspecified atom stereocenters. The molecule has 0 spiro atoms. The molecule has 0 bridgehead atoms. The first-order chi connectivity index (χ1) is 35.2. The van der Waals surface area contributed by atoms with Crippen LogP contribution in [0.3, 0.4) is 0 Å². The number of rotatable bonds is 50. The van der Waals surface area contributed by atoms with Crippen LogP contribution in [0, 0.1) is 0 Å². The van der Waals surface area contributed by atoms with E-state index in [4.69, 9.17) is 23.3 Å². The lowest BCUT2D eigenvalue weighted by Crippen LogP contribution is -2.30. The second kappa shape index (κ2) is 53.4. The second-order valence-electron chi connectivity index (χ2n) is 18.0. The van der Waals surface area contributed by atoms with Gasteiger partial charge in [0.2, 0.25) is 0 Å². The summed E-state index contributed by atoms with van der Waals surface area (Å²) in [6.45, 7) is 4.26. The molecule has 0 aliphatic heterocycles. The molecule has 12 heteroatoms. The highest BCUT2D eigenvalue weighted by molar-refractivity contribution is 7.47. The van der Waals surface area contributed by atoms with Crippen LogP contribution in [0.4, 0.5) is 0 Å². The predicted molar refractivity (Wildman–Crippen MR) is 297 cm³/mol. The molecule has 2 N–H and O–H groups in total. The average Bonchev–Trinajstić information content (AvgIpc) is 3.37. The maximum absolute atomic E-state index is 12.9. The van der Waals surface area contributed by atoms with Crippen molar-refractivity contribution in [1.82, 2.24) is 0 Å². The summed E-state index contributed by atoms with van der Waals surface area (Å²) >= 11 is 0. The Morgan fingerprint density at radius 1 is 0.403 bits per heavy atom. The lowest BCUT2D eigenvalue weighted by Gasteiger charge is -2.21. The van der Waals surface area contributed by atoms with Gasteiger partial charge in [0.05, 0.1) is 19.8 Å². The Labute approximate surface area is 437 Å². The van der Waals surface area contributed by atoms with E-state index in [0.717, 1.165) is 154 Å². The summed E-state index contributed by atoms with van der Waals surface area (Å²) in [5, 5.41) is 9.79. The summed E-state index contributed by atoms with van der Waals surface area (Å²) in [5.41, 5.74) is 0. The van der Waals surface area contributed by atoms with Crippen LogP contribution in [0.2, 0.25) is 0 Å². The van der Waals surface area contributed by atoms with Gasteiger partial charge in [0.15, 0.2) is 6.10 Å². The van der Waals surface area contributed by atoms with E-state index in [-0.39, 0.29) is 25.9 Å². The zero-order chi connectivity index (χ0) is 52.7. The Morgan fingerprint density at radius 3 is 1.12 bits per heavy atom. The second-order valence-corrected chi connectivity index (χ2v) is 19.4. The van der Waals surface area contributed by atoms with Gasteiger partial charge in [-0.25, -0.2) is 4.57 Å². The summed E-state index contributed by atoms with van der Waals surface area (Å²) in [6.07, 6.45) is 63.4. The van der Waals surface area contributed by atoms with Crippen molar-refractivity contribution in [2.24, 2.45) is 0 Å². The van der Waals surface area contributed by atoms with E-state index < -0.39 is 57.8 Å². The van der Waals surface area contributed by atoms with Crippen LogP contribution in [0.1, 0.15) is 213 Å². The molecular formula is C60H99O11P.